The van der Waals surface area contributed by atoms with E-state index in [1.807, 2.05) is 12.1 Å². The highest BCUT2D eigenvalue weighted by atomic mass is 32.2. The van der Waals surface area contributed by atoms with E-state index >= 15 is 0 Å². The molecule has 0 fully saturated rings. The van der Waals surface area contributed by atoms with Crippen molar-refractivity contribution in [2.24, 2.45) is 0 Å². The summed E-state index contributed by atoms with van der Waals surface area (Å²) in [6, 6.07) is 13.5. The Morgan fingerprint density at radius 1 is 1.16 bits per heavy atom. The second kappa shape index (κ2) is 5.93. The SMILES string of the molecule is Cc1ccc(C)c(SCc2ccccc2C(=O)O)c1. The summed E-state index contributed by atoms with van der Waals surface area (Å²) >= 11 is 1.68. The van der Waals surface area contributed by atoms with Crippen molar-refractivity contribution in [2.45, 2.75) is 24.5 Å². The molecule has 0 aliphatic carbocycles. The Morgan fingerprint density at radius 2 is 1.89 bits per heavy atom. The molecule has 19 heavy (non-hydrogen) atoms. The van der Waals surface area contributed by atoms with Gasteiger partial charge in [0.1, 0.15) is 0 Å². The molecule has 98 valence electrons. The molecule has 0 unspecified atom stereocenters. The summed E-state index contributed by atoms with van der Waals surface area (Å²) in [6.07, 6.45) is 0. The normalized spacial score (nSPS) is 10.4. The number of aromatic carboxylic acids is 1. The summed E-state index contributed by atoms with van der Waals surface area (Å²) in [6.45, 7) is 4.14. The molecule has 2 aromatic rings. The van der Waals surface area contributed by atoms with E-state index in [-0.39, 0.29) is 0 Å². The molecule has 2 aromatic carbocycles. The van der Waals surface area contributed by atoms with Crippen molar-refractivity contribution >= 4 is 17.7 Å². The van der Waals surface area contributed by atoms with Crippen LogP contribution in [0.15, 0.2) is 47.4 Å². The minimum Gasteiger partial charge on any atom is -0.478 e. The fourth-order valence-electron chi connectivity index (χ4n) is 1.87. The predicted molar refractivity (Wildman–Crippen MR) is 78.9 cm³/mol. The van der Waals surface area contributed by atoms with Gasteiger partial charge >= 0.3 is 5.97 Å². The number of benzene rings is 2. The zero-order valence-electron chi connectivity index (χ0n) is 11.0. The second-order valence-corrected chi connectivity index (χ2v) is 5.54. The van der Waals surface area contributed by atoms with Gasteiger partial charge in [-0.2, -0.15) is 0 Å². The Bertz CT molecular complexity index is 605. The predicted octanol–water partition coefficient (Wildman–Crippen LogP) is 4.29. The molecule has 3 heteroatoms. The summed E-state index contributed by atoms with van der Waals surface area (Å²) in [5.74, 6) is -0.190. The van der Waals surface area contributed by atoms with Crippen LogP contribution in [0.1, 0.15) is 27.0 Å². The standard InChI is InChI=1S/C16H16O2S/c1-11-7-8-12(2)15(9-11)19-10-13-5-3-4-6-14(13)16(17)18/h3-9H,10H2,1-2H3,(H,17,18). The van der Waals surface area contributed by atoms with Crippen LogP contribution in [0.3, 0.4) is 0 Å². The van der Waals surface area contributed by atoms with Gasteiger partial charge in [-0.3, -0.25) is 0 Å². The number of hydrogen-bond donors (Lipinski definition) is 1. The van der Waals surface area contributed by atoms with Gasteiger partial charge in [0.2, 0.25) is 0 Å². The molecule has 2 nitrogen and oxygen atoms in total. The monoisotopic (exact) mass is 272 g/mol. The van der Waals surface area contributed by atoms with Crippen molar-refractivity contribution in [3.8, 4) is 0 Å². The summed E-state index contributed by atoms with van der Waals surface area (Å²) in [4.78, 5) is 12.4. The van der Waals surface area contributed by atoms with Gasteiger partial charge in [-0.25, -0.2) is 4.79 Å². The van der Waals surface area contributed by atoms with Crippen molar-refractivity contribution in [2.75, 3.05) is 0 Å². The van der Waals surface area contributed by atoms with E-state index in [2.05, 4.69) is 32.0 Å². The van der Waals surface area contributed by atoms with E-state index in [0.29, 0.717) is 11.3 Å². The minimum absolute atomic E-state index is 0.389. The van der Waals surface area contributed by atoms with Gasteiger partial charge in [0.05, 0.1) is 5.56 Å². The minimum atomic E-state index is -0.864. The molecule has 2 rings (SSSR count). The van der Waals surface area contributed by atoms with Gasteiger partial charge in [-0.1, -0.05) is 35.9 Å². The summed E-state index contributed by atoms with van der Waals surface area (Å²) < 4.78 is 0. The van der Waals surface area contributed by atoms with Crippen molar-refractivity contribution in [1.82, 2.24) is 0 Å². The number of carboxylic acids is 1. The molecular formula is C16H16O2S. The number of carboxylic acid groups (broad SMARTS) is 1. The highest BCUT2D eigenvalue weighted by molar-refractivity contribution is 7.98. The molecule has 0 heterocycles. The van der Waals surface area contributed by atoms with E-state index < -0.39 is 5.97 Å². The van der Waals surface area contributed by atoms with Crippen LogP contribution < -0.4 is 0 Å². The molecule has 0 saturated heterocycles. The zero-order valence-corrected chi connectivity index (χ0v) is 11.8. The van der Waals surface area contributed by atoms with Crippen molar-refractivity contribution < 1.29 is 9.90 Å². The van der Waals surface area contributed by atoms with Crippen LogP contribution in [0.5, 0.6) is 0 Å². The van der Waals surface area contributed by atoms with Crippen LogP contribution in [-0.2, 0) is 5.75 Å². The molecule has 1 N–H and O–H groups in total. The maximum atomic E-state index is 11.1. The average molecular weight is 272 g/mol. The van der Waals surface area contributed by atoms with Crippen LogP contribution >= 0.6 is 11.8 Å². The molecule has 0 aromatic heterocycles. The molecule has 0 saturated carbocycles. The molecule has 0 bridgehead atoms. The lowest BCUT2D eigenvalue weighted by molar-refractivity contribution is 0.0696. The highest BCUT2D eigenvalue weighted by Gasteiger charge is 2.09. The first-order chi connectivity index (χ1) is 9.08. The van der Waals surface area contributed by atoms with Gasteiger partial charge in [-0.15, -0.1) is 11.8 Å². The summed E-state index contributed by atoms with van der Waals surface area (Å²) in [7, 11) is 0. The van der Waals surface area contributed by atoms with Crippen LogP contribution in [0, 0.1) is 13.8 Å². The summed E-state index contributed by atoms with van der Waals surface area (Å²) in [5.41, 5.74) is 3.70. The third kappa shape index (κ3) is 3.38. The first-order valence-corrected chi connectivity index (χ1v) is 7.08. The lowest BCUT2D eigenvalue weighted by atomic mass is 10.1. The molecule has 0 aliphatic heterocycles. The van der Waals surface area contributed by atoms with Crippen molar-refractivity contribution in [3.05, 3.63) is 64.7 Å². The first kappa shape index (κ1) is 13.7. The maximum Gasteiger partial charge on any atom is 0.335 e. The molecule has 0 spiro atoms. The van der Waals surface area contributed by atoms with E-state index in [1.54, 1.807) is 23.9 Å². The largest absolute Gasteiger partial charge is 0.478 e. The average Bonchev–Trinajstić information content (AvgIpc) is 2.40. The van der Waals surface area contributed by atoms with Gasteiger partial charge in [0.15, 0.2) is 0 Å². The van der Waals surface area contributed by atoms with E-state index in [1.165, 1.54) is 16.0 Å². The smallest absolute Gasteiger partial charge is 0.335 e. The molecular weight excluding hydrogens is 256 g/mol. The van der Waals surface area contributed by atoms with Crippen molar-refractivity contribution in [1.29, 1.82) is 0 Å². The fourth-order valence-corrected chi connectivity index (χ4v) is 3.00. The highest BCUT2D eigenvalue weighted by Crippen LogP contribution is 2.28. The Labute approximate surface area is 117 Å². The van der Waals surface area contributed by atoms with E-state index in [0.717, 1.165) is 5.56 Å². The number of rotatable bonds is 4. The van der Waals surface area contributed by atoms with Gasteiger partial charge in [-0.05, 0) is 37.1 Å². The van der Waals surface area contributed by atoms with Crippen LogP contribution in [-0.4, -0.2) is 11.1 Å². The molecule has 0 radical (unpaired) electrons. The Hall–Kier alpha value is -1.74. The Morgan fingerprint density at radius 3 is 2.63 bits per heavy atom. The fraction of sp³-hybridized carbons (Fsp3) is 0.188. The molecule has 0 amide bonds. The maximum absolute atomic E-state index is 11.1. The Kier molecular flexibility index (Phi) is 4.27. The zero-order chi connectivity index (χ0) is 13.8. The third-order valence-electron chi connectivity index (χ3n) is 2.97. The summed E-state index contributed by atoms with van der Waals surface area (Å²) in [5, 5.41) is 9.15. The lowest BCUT2D eigenvalue weighted by Crippen LogP contribution is -2.01. The Balaban J connectivity index is 2.19. The molecule has 0 atom stereocenters. The van der Waals surface area contributed by atoms with Crippen LogP contribution in [0.4, 0.5) is 0 Å². The van der Waals surface area contributed by atoms with E-state index in [9.17, 15) is 4.79 Å². The van der Waals surface area contributed by atoms with Crippen LogP contribution in [0.25, 0.3) is 0 Å². The second-order valence-electron chi connectivity index (χ2n) is 4.52. The van der Waals surface area contributed by atoms with Gasteiger partial charge in [0, 0.05) is 10.6 Å². The van der Waals surface area contributed by atoms with Crippen molar-refractivity contribution in [3.63, 3.8) is 0 Å². The molecule has 0 aliphatic rings. The first-order valence-electron chi connectivity index (χ1n) is 6.09. The quantitative estimate of drug-likeness (QED) is 0.843. The lowest BCUT2D eigenvalue weighted by Gasteiger charge is -2.08. The van der Waals surface area contributed by atoms with E-state index in [4.69, 9.17) is 5.11 Å². The topological polar surface area (TPSA) is 37.3 Å². The number of aryl methyl sites for hydroxylation is 2. The van der Waals surface area contributed by atoms with Gasteiger partial charge in [0.25, 0.3) is 0 Å². The van der Waals surface area contributed by atoms with Crippen LogP contribution in [0.2, 0.25) is 0 Å². The van der Waals surface area contributed by atoms with Gasteiger partial charge < -0.3 is 5.11 Å². The number of thioether (sulfide) groups is 1. The third-order valence-corrected chi connectivity index (χ3v) is 4.18. The number of carbonyl (C=O) groups is 1. The number of hydrogen-bond acceptors (Lipinski definition) is 2.